The van der Waals surface area contributed by atoms with Gasteiger partial charge in [0.05, 0.1) is 0 Å². The molecule has 372 valence electrons. The minimum absolute atomic E-state index is 0.106. The van der Waals surface area contributed by atoms with Crippen molar-refractivity contribution in [1.29, 1.82) is 0 Å². The Bertz CT molecular complexity index is 1210. The molecule has 0 heterocycles. The summed E-state index contributed by atoms with van der Waals surface area (Å²) in [7, 11) is 0. The van der Waals surface area contributed by atoms with Gasteiger partial charge >= 0.3 is 17.9 Å². The Hall–Kier alpha value is -3.41. The second-order valence-corrected chi connectivity index (χ2v) is 17.7. The van der Waals surface area contributed by atoms with Crippen molar-refractivity contribution in [2.75, 3.05) is 13.2 Å². The maximum absolute atomic E-state index is 12.8. The fraction of sp³-hybridized carbons (Fsp3) is 0.712. The third-order valence-electron chi connectivity index (χ3n) is 11.4. The first-order valence-electron chi connectivity index (χ1n) is 27.1. The van der Waals surface area contributed by atoms with E-state index in [1.165, 1.54) is 103 Å². The van der Waals surface area contributed by atoms with Crippen molar-refractivity contribution in [1.82, 2.24) is 0 Å². The Labute approximate surface area is 401 Å². The monoisotopic (exact) mass is 905 g/mol. The van der Waals surface area contributed by atoms with Crippen LogP contribution in [0.25, 0.3) is 0 Å². The minimum atomic E-state index is -0.813. The first kappa shape index (κ1) is 61.6. The van der Waals surface area contributed by atoms with Crippen molar-refractivity contribution in [3.63, 3.8) is 0 Å². The number of ether oxygens (including phenoxy) is 3. The second kappa shape index (κ2) is 53.2. The maximum atomic E-state index is 12.8. The molecule has 0 spiro atoms. The molecule has 6 nitrogen and oxygen atoms in total. The second-order valence-electron chi connectivity index (χ2n) is 17.7. The minimum Gasteiger partial charge on any atom is -0.462 e. The van der Waals surface area contributed by atoms with Crippen LogP contribution in [0.15, 0.2) is 85.1 Å². The first-order chi connectivity index (χ1) is 32.0. The molecule has 0 aromatic rings. The van der Waals surface area contributed by atoms with Crippen molar-refractivity contribution in [3.8, 4) is 0 Å². The van der Waals surface area contributed by atoms with Crippen LogP contribution in [0.2, 0.25) is 0 Å². The Morgan fingerprint density at radius 2 is 0.615 bits per heavy atom. The van der Waals surface area contributed by atoms with Gasteiger partial charge in [0, 0.05) is 19.3 Å². The van der Waals surface area contributed by atoms with Crippen molar-refractivity contribution >= 4 is 17.9 Å². The Kier molecular flexibility index (Phi) is 50.4. The molecule has 0 aliphatic rings. The van der Waals surface area contributed by atoms with Crippen molar-refractivity contribution in [3.05, 3.63) is 85.1 Å². The van der Waals surface area contributed by atoms with E-state index in [-0.39, 0.29) is 37.5 Å². The van der Waals surface area contributed by atoms with Gasteiger partial charge < -0.3 is 14.2 Å². The average molecular weight is 905 g/mol. The van der Waals surface area contributed by atoms with Crippen molar-refractivity contribution in [2.24, 2.45) is 0 Å². The Morgan fingerprint density at radius 3 is 1.00 bits per heavy atom. The van der Waals surface area contributed by atoms with Crippen LogP contribution < -0.4 is 0 Å². The SMILES string of the molecule is CC/C=C/C/C=C/C/C=C/C/C=C/C/C=C/CCCC(=O)OC(COC(=O)CCCCCCC/C=C/CCCCCCCC)COC(=O)CCCCCCC/C=C/CCCCCCCC. The lowest BCUT2D eigenvalue weighted by Gasteiger charge is -2.18. The van der Waals surface area contributed by atoms with Gasteiger partial charge in [-0.3, -0.25) is 14.4 Å². The van der Waals surface area contributed by atoms with Gasteiger partial charge in [-0.05, 0) is 109 Å². The van der Waals surface area contributed by atoms with Crippen LogP contribution in [0.5, 0.6) is 0 Å². The average Bonchev–Trinajstić information content (AvgIpc) is 3.30. The number of hydrogen-bond donors (Lipinski definition) is 0. The van der Waals surface area contributed by atoms with Crippen LogP contribution in [0.3, 0.4) is 0 Å². The van der Waals surface area contributed by atoms with Gasteiger partial charge in [0.25, 0.3) is 0 Å². The molecule has 0 saturated carbocycles. The molecule has 6 heteroatoms. The van der Waals surface area contributed by atoms with Gasteiger partial charge in [-0.1, -0.05) is 209 Å². The quantitative estimate of drug-likeness (QED) is 0.0262. The molecule has 0 radical (unpaired) electrons. The summed E-state index contributed by atoms with van der Waals surface area (Å²) in [5.41, 5.74) is 0. The van der Waals surface area contributed by atoms with E-state index in [0.29, 0.717) is 19.3 Å². The van der Waals surface area contributed by atoms with E-state index < -0.39 is 6.10 Å². The number of esters is 3. The molecule has 0 amide bonds. The van der Waals surface area contributed by atoms with E-state index in [9.17, 15) is 14.4 Å². The maximum Gasteiger partial charge on any atom is 0.306 e. The standard InChI is InChI=1S/C59H100O6/c1-4-7-10-13-16-19-22-25-28-29-32-35-38-41-44-47-50-53-59(62)65-56(54-63-57(60)51-48-45-42-39-36-33-30-26-23-20-17-14-11-8-5-2)55-64-58(61)52-49-46-43-40-37-34-31-27-24-21-18-15-12-9-6-3/h7,10,16,19,25-28,30-32,35,41,44,56H,4-6,8-9,11-15,17-18,20-24,29,33-34,36-40,42-43,45-55H2,1-3H3/b10-7+,19-16+,28-25+,30-26+,31-27+,35-32+,44-41+. The van der Waals surface area contributed by atoms with E-state index >= 15 is 0 Å². The molecule has 0 aromatic heterocycles. The lowest BCUT2D eigenvalue weighted by atomic mass is 10.1. The largest absolute Gasteiger partial charge is 0.462 e. The van der Waals surface area contributed by atoms with Crippen LogP contribution in [0.4, 0.5) is 0 Å². The predicted molar refractivity (Wildman–Crippen MR) is 279 cm³/mol. The molecule has 0 saturated heterocycles. The van der Waals surface area contributed by atoms with Crippen LogP contribution in [0.1, 0.15) is 252 Å². The summed E-state index contributed by atoms with van der Waals surface area (Å²) >= 11 is 0. The lowest BCUT2D eigenvalue weighted by Crippen LogP contribution is -2.30. The molecule has 0 bridgehead atoms. The van der Waals surface area contributed by atoms with E-state index in [2.05, 4.69) is 106 Å². The van der Waals surface area contributed by atoms with E-state index in [1.54, 1.807) is 0 Å². The van der Waals surface area contributed by atoms with Crippen LogP contribution in [-0.4, -0.2) is 37.2 Å². The summed E-state index contributed by atoms with van der Waals surface area (Å²) in [4.78, 5) is 38.0. The number of carbonyl (C=O) groups excluding carboxylic acids is 3. The highest BCUT2D eigenvalue weighted by Gasteiger charge is 2.19. The summed E-state index contributed by atoms with van der Waals surface area (Å²) in [5.74, 6) is -0.979. The van der Waals surface area contributed by atoms with Gasteiger partial charge in [0.15, 0.2) is 6.10 Å². The number of rotatable bonds is 48. The van der Waals surface area contributed by atoms with Crippen LogP contribution in [-0.2, 0) is 28.6 Å². The fourth-order valence-corrected chi connectivity index (χ4v) is 7.29. The molecule has 0 atom stereocenters. The van der Waals surface area contributed by atoms with Crippen LogP contribution in [0, 0.1) is 0 Å². The molecule has 0 rings (SSSR count). The molecule has 0 unspecified atom stereocenters. The highest BCUT2D eigenvalue weighted by Crippen LogP contribution is 2.13. The molecular formula is C59H100O6. The number of allylic oxidation sites excluding steroid dienone is 14. The van der Waals surface area contributed by atoms with E-state index in [1.807, 2.05) is 0 Å². The molecule has 0 N–H and O–H groups in total. The highest BCUT2D eigenvalue weighted by atomic mass is 16.6. The number of hydrogen-bond acceptors (Lipinski definition) is 6. The molecular weight excluding hydrogens is 805 g/mol. The zero-order chi connectivity index (χ0) is 47.2. The molecule has 0 aliphatic carbocycles. The summed E-state index contributed by atoms with van der Waals surface area (Å²) in [6.07, 6.45) is 68.6. The lowest BCUT2D eigenvalue weighted by molar-refractivity contribution is -0.167. The normalized spacial score (nSPS) is 12.3. The Morgan fingerprint density at radius 1 is 0.323 bits per heavy atom. The third-order valence-corrected chi connectivity index (χ3v) is 11.4. The van der Waals surface area contributed by atoms with Gasteiger partial charge in [0.2, 0.25) is 0 Å². The van der Waals surface area contributed by atoms with E-state index in [0.717, 1.165) is 103 Å². The van der Waals surface area contributed by atoms with Gasteiger partial charge in [0.1, 0.15) is 13.2 Å². The van der Waals surface area contributed by atoms with Gasteiger partial charge in [-0.25, -0.2) is 0 Å². The first-order valence-corrected chi connectivity index (χ1v) is 27.1. The number of carbonyl (C=O) groups is 3. The van der Waals surface area contributed by atoms with Crippen molar-refractivity contribution in [2.45, 2.75) is 258 Å². The molecule has 0 aliphatic heterocycles. The summed E-state index contributed by atoms with van der Waals surface area (Å²) in [6, 6.07) is 0. The molecule has 0 aromatic carbocycles. The fourth-order valence-electron chi connectivity index (χ4n) is 7.29. The smallest absolute Gasteiger partial charge is 0.306 e. The topological polar surface area (TPSA) is 78.9 Å². The zero-order valence-electron chi connectivity index (χ0n) is 42.5. The van der Waals surface area contributed by atoms with Crippen LogP contribution >= 0.6 is 0 Å². The summed E-state index contributed by atoms with van der Waals surface area (Å²) in [5, 5.41) is 0. The summed E-state index contributed by atoms with van der Waals surface area (Å²) in [6.45, 7) is 6.46. The van der Waals surface area contributed by atoms with Gasteiger partial charge in [-0.15, -0.1) is 0 Å². The number of unbranched alkanes of at least 4 members (excludes halogenated alkanes) is 23. The summed E-state index contributed by atoms with van der Waals surface area (Å²) < 4.78 is 16.8. The highest BCUT2D eigenvalue weighted by molar-refractivity contribution is 5.71. The molecule has 65 heavy (non-hydrogen) atoms. The predicted octanol–water partition coefficient (Wildman–Crippen LogP) is 18.0. The Balaban J connectivity index is 4.51. The van der Waals surface area contributed by atoms with Gasteiger partial charge in [-0.2, -0.15) is 0 Å². The van der Waals surface area contributed by atoms with E-state index in [4.69, 9.17) is 14.2 Å². The third kappa shape index (κ3) is 51.4. The van der Waals surface area contributed by atoms with Crippen molar-refractivity contribution < 1.29 is 28.6 Å². The zero-order valence-corrected chi connectivity index (χ0v) is 42.5. The molecule has 0 fully saturated rings.